The van der Waals surface area contributed by atoms with Gasteiger partial charge in [-0.2, -0.15) is 0 Å². The van der Waals surface area contributed by atoms with E-state index in [2.05, 4.69) is 31.1 Å². The zero-order valence-corrected chi connectivity index (χ0v) is 12.7. The third-order valence-electron chi connectivity index (χ3n) is 4.70. The van der Waals surface area contributed by atoms with Gasteiger partial charge < -0.3 is 10.2 Å². The molecule has 2 rings (SSSR count). The number of nitrogens with zero attached hydrogens (tertiary/aromatic N) is 1. The summed E-state index contributed by atoms with van der Waals surface area (Å²) in [6.07, 6.45) is 9.95. The van der Waals surface area contributed by atoms with Crippen LogP contribution in [0.3, 0.4) is 0 Å². The van der Waals surface area contributed by atoms with Gasteiger partial charge in [-0.1, -0.05) is 26.7 Å². The van der Waals surface area contributed by atoms with E-state index < -0.39 is 0 Å². The van der Waals surface area contributed by atoms with Gasteiger partial charge in [0.2, 0.25) is 0 Å². The molecule has 2 fully saturated rings. The van der Waals surface area contributed by atoms with Crippen molar-refractivity contribution in [2.75, 3.05) is 26.7 Å². The topological polar surface area (TPSA) is 15.3 Å². The summed E-state index contributed by atoms with van der Waals surface area (Å²) in [6, 6.07) is 0.864. The molecule has 2 aliphatic rings. The summed E-state index contributed by atoms with van der Waals surface area (Å²) in [7, 11) is 2.32. The fourth-order valence-electron chi connectivity index (χ4n) is 3.29. The van der Waals surface area contributed by atoms with Gasteiger partial charge >= 0.3 is 0 Å². The predicted molar refractivity (Wildman–Crippen MR) is 78.9 cm³/mol. The Labute approximate surface area is 114 Å². The molecule has 0 heterocycles. The van der Waals surface area contributed by atoms with Gasteiger partial charge in [-0.15, -0.1) is 0 Å². The average molecular weight is 252 g/mol. The van der Waals surface area contributed by atoms with Crippen LogP contribution in [0.15, 0.2) is 0 Å². The van der Waals surface area contributed by atoms with Crippen LogP contribution in [0.4, 0.5) is 0 Å². The molecule has 0 bridgehead atoms. The van der Waals surface area contributed by atoms with E-state index in [1.165, 1.54) is 64.6 Å². The summed E-state index contributed by atoms with van der Waals surface area (Å²) in [5.74, 6) is 0.830. The Balaban J connectivity index is 1.76. The summed E-state index contributed by atoms with van der Waals surface area (Å²) in [6.45, 7) is 8.49. The van der Waals surface area contributed by atoms with Gasteiger partial charge in [0, 0.05) is 19.1 Å². The van der Waals surface area contributed by atoms with E-state index in [1.807, 2.05) is 0 Å². The van der Waals surface area contributed by atoms with Crippen LogP contribution in [0, 0.1) is 11.3 Å². The molecule has 2 aliphatic carbocycles. The van der Waals surface area contributed by atoms with Gasteiger partial charge in [0.1, 0.15) is 0 Å². The fourth-order valence-corrected chi connectivity index (χ4v) is 3.29. The van der Waals surface area contributed by atoms with Crippen molar-refractivity contribution in [2.24, 2.45) is 11.3 Å². The second-order valence-electron chi connectivity index (χ2n) is 7.28. The predicted octanol–water partition coefficient (Wildman–Crippen LogP) is 3.28. The van der Waals surface area contributed by atoms with Gasteiger partial charge in [0.15, 0.2) is 0 Å². The summed E-state index contributed by atoms with van der Waals surface area (Å²) in [5.41, 5.74) is 0.592. The Morgan fingerprint density at radius 2 is 1.89 bits per heavy atom. The molecule has 0 atom stereocenters. The van der Waals surface area contributed by atoms with Gasteiger partial charge in [0.25, 0.3) is 0 Å². The molecule has 2 heteroatoms. The highest BCUT2D eigenvalue weighted by atomic mass is 15.1. The molecule has 18 heavy (non-hydrogen) atoms. The summed E-state index contributed by atoms with van der Waals surface area (Å²) >= 11 is 0. The highest BCUT2D eigenvalue weighted by molar-refractivity contribution is 4.92. The molecule has 0 aromatic rings. The van der Waals surface area contributed by atoms with E-state index in [9.17, 15) is 0 Å². The monoisotopic (exact) mass is 252 g/mol. The van der Waals surface area contributed by atoms with Crippen LogP contribution in [0.2, 0.25) is 0 Å². The number of nitrogens with one attached hydrogen (secondary N) is 1. The minimum Gasteiger partial charge on any atom is -0.313 e. The first kappa shape index (κ1) is 14.3. The van der Waals surface area contributed by atoms with Gasteiger partial charge in [-0.25, -0.2) is 0 Å². The zero-order valence-electron chi connectivity index (χ0n) is 12.7. The second kappa shape index (κ2) is 6.38. The van der Waals surface area contributed by atoms with Crippen LogP contribution in [0.5, 0.6) is 0 Å². The average Bonchev–Trinajstić information content (AvgIpc) is 3.05. The van der Waals surface area contributed by atoms with Gasteiger partial charge in [0.05, 0.1) is 0 Å². The van der Waals surface area contributed by atoms with Crippen LogP contribution in [0.1, 0.15) is 58.8 Å². The molecule has 0 aliphatic heterocycles. The standard InChI is InChI=1S/C16H32N2/c1-14(2)8-11-18(3)13-16(9-4-5-10-16)12-17-15-6-7-15/h14-15,17H,4-13H2,1-3H3. The Morgan fingerprint density at radius 3 is 2.44 bits per heavy atom. The van der Waals surface area contributed by atoms with E-state index >= 15 is 0 Å². The van der Waals surface area contributed by atoms with E-state index in [0.717, 1.165) is 12.0 Å². The lowest BCUT2D eigenvalue weighted by Gasteiger charge is -2.34. The van der Waals surface area contributed by atoms with Crippen molar-refractivity contribution in [1.82, 2.24) is 10.2 Å². The van der Waals surface area contributed by atoms with Crippen LogP contribution >= 0.6 is 0 Å². The third-order valence-corrected chi connectivity index (χ3v) is 4.70. The van der Waals surface area contributed by atoms with Crippen molar-refractivity contribution in [1.29, 1.82) is 0 Å². The van der Waals surface area contributed by atoms with Crippen molar-refractivity contribution in [3.05, 3.63) is 0 Å². The molecule has 2 saturated carbocycles. The molecule has 0 unspecified atom stereocenters. The summed E-state index contributed by atoms with van der Waals surface area (Å²) in [5, 5.41) is 3.78. The first-order valence-corrected chi connectivity index (χ1v) is 8.02. The maximum Gasteiger partial charge on any atom is 0.00684 e. The molecule has 0 spiro atoms. The van der Waals surface area contributed by atoms with E-state index in [4.69, 9.17) is 0 Å². The summed E-state index contributed by atoms with van der Waals surface area (Å²) < 4.78 is 0. The Hall–Kier alpha value is -0.0800. The quantitative estimate of drug-likeness (QED) is 0.713. The normalized spacial score (nSPS) is 23.2. The maximum absolute atomic E-state index is 3.78. The van der Waals surface area contributed by atoms with Crippen molar-refractivity contribution in [3.8, 4) is 0 Å². The highest BCUT2D eigenvalue weighted by Crippen LogP contribution is 2.39. The zero-order chi connectivity index (χ0) is 13.0. The van der Waals surface area contributed by atoms with Crippen molar-refractivity contribution in [3.63, 3.8) is 0 Å². The van der Waals surface area contributed by atoms with Gasteiger partial charge in [-0.3, -0.25) is 0 Å². The van der Waals surface area contributed by atoms with Crippen LogP contribution < -0.4 is 5.32 Å². The fraction of sp³-hybridized carbons (Fsp3) is 1.00. The molecule has 0 aromatic carbocycles. The number of rotatable bonds is 8. The molecule has 0 radical (unpaired) electrons. The smallest absolute Gasteiger partial charge is 0.00684 e. The van der Waals surface area contributed by atoms with Gasteiger partial charge in [-0.05, 0) is 57.0 Å². The van der Waals surface area contributed by atoms with Crippen molar-refractivity contribution >= 4 is 0 Å². The lowest BCUT2D eigenvalue weighted by molar-refractivity contribution is 0.167. The molecule has 0 saturated heterocycles. The van der Waals surface area contributed by atoms with Crippen LogP contribution in [0.25, 0.3) is 0 Å². The SMILES string of the molecule is CC(C)CCN(C)CC1(CNC2CC2)CCCC1. The first-order valence-electron chi connectivity index (χ1n) is 8.02. The third kappa shape index (κ3) is 4.55. The van der Waals surface area contributed by atoms with Crippen LogP contribution in [-0.2, 0) is 0 Å². The number of hydrogen-bond donors (Lipinski definition) is 1. The molecule has 106 valence electrons. The van der Waals surface area contributed by atoms with E-state index in [1.54, 1.807) is 0 Å². The summed E-state index contributed by atoms with van der Waals surface area (Å²) in [4.78, 5) is 2.58. The minimum absolute atomic E-state index is 0.592. The minimum atomic E-state index is 0.592. The molecular formula is C16H32N2. The lowest BCUT2D eigenvalue weighted by Crippen LogP contribution is -2.42. The maximum atomic E-state index is 3.78. The second-order valence-corrected chi connectivity index (χ2v) is 7.28. The molecular weight excluding hydrogens is 220 g/mol. The Kier molecular flexibility index (Phi) is 5.08. The Morgan fingerprint density at radius 1 is 1.22 bits per heavy atom. The largest absolute Gasteiger partial charge is 0.313 e. The van der Waals surface area contributed by atoms with Crippen molar-refractivity contribution in [2.45, 2.75) is 64.8 Å². The molecule has 0 aromatic heterocycles. The van der Waals surface area contributed by atoms with Crippen LogP contribution in [-0.4, -0.2) is 37.6 Å². The molecule has 0 amide bonds. The van der Waals surface area contributed by atoms with Crippen molar-refractivity contribution < 1.29 is 0 Å². The number of hydrogen-bond acceptors (Lipinski definition) is 2. The van der Waals surface area contributed by atoms with E-state index in [-0.39, 0.29) is 0 Å². The molecule has 2 nitrogen and oxygen atoms in total. The lowest BCUT2D eigenvalue weighted by atomic mass is 9.85. The molecule has 1 N–H and O–H groups in total. The first-order chi connectivity index (χ1) is 8.60. The highest BCUT2D eigenvalue weighted by Gasteiger charge is 2.36. The Bertz CT molecular complexity index is 239. The van der Waals surface area contributed by atoms with E-state index in [0.29, 0.717) is 5.41 Å².